The predicted octanol–water partition coefficient (Wildman–Crippen LogP) is 4.00. The maximum Gasteiger partial charge on any atom is 0.137 e. The maximum absolute atomic E-state index is 4.80. The Hall–Kier alpha value is -1.57. The van der Waals surface area contributed by atoms with Crippen LogP contribution in [0.2, 0.25) is 0 Å². The second-order valence-electron chi connectivity index (χ2n) is 5.54. The molecule has 2 heterocycles. The maximum atomic E-state index is 4.80. The molecule has 0 unspecified atom stereocenters. The highest BCUT2D eigenvalue weighted by atomic mass is 15.1. The highest BCUT2D eigenvalue weighted by molar-refractivity contribution is 5.35. The van der Waals surface area contributed by atoms with Crippen LogP contribution in [0.25, 0.3) is 5.82 Å². The summed E-state index contributed by atoms with van der Waals surface area (Å²) in [4.78, 5) is 4.80. The van der Waals surface area contributed by atoms with Gasteiger partial charge in [-0.25, -0.2) is 4.98 Å². The van der Waals surface area contributed by atoms with E-state index < -0.39 is 0 Å². The van der Waals surface area contributed by atoms with Gasteiger partial charge in [0.2, 0.25) is 0 Å². The average molecular weight is 242 g/mol. The van der Waals surface area contributed by atoms with Crippen LogP contribution in [-0.4, -0.2) is 9.55 Å². The summed E-state index contributed by atoms with van der Waals surface area (Å²) in [5, 5.41) is 0. The molecule has 0 aliphatic heterocycles. The molecule has 0 aliphatic carbocycles. The number of hydrogen-bond acceptors (Lipinski definition) is 1. The summed E-state index contributed by atoms with van der Waals surface area (Å²) in [6.45, 7) is 10.9. The third-order valence-electron chi connectivity index (χ3n) is 3.13. The summed E-state index contributed by atoms with van der Waals surface area (Å²) < 4.78 is 2.22. The van der Waals surface area contributed by atoms with Gasteiger partial charge < -0.3 is 4.57 Å². The summed E-state index contributed by atoms with van der Waals surface area (Å²) in [6.07, 6.45) is 1.04. The highest BCUT2D eigenvalue weighted by Crippen LogP contribution is 2.17. The van der Waals surface area contributed by atoms with Crippen molar-refractivity contribution in [1.82, 2.24) is 9.55 Å². The number of rotatable bonds is 3. The average Bonchev–Trinajstić information content (AvgIpc) is 2.56. The lowest BCUT2D eigenvalue weighted by molar-refractivity contribution is 0.633. The molecule has 0 spiro atoms. The van der Waals surface area contributed by atoms with Crippen molar-refractivity contribution >= 4 is 0 Å². The van der Waals surface area contributed by atoms with Gasteiger partial charge in [-0.2, -0.15) is 0 Å². The van der Waals surface area contributed by atoms with E-state index in [1.807, 2.05) is 0 Å². The van der Waals surface area contributed by atoms with Crippen LogP contribution < -0.4 is 0 Å². The van der Waals surface area contributed by atoms with E-state index in [1.165, 1.54) is 22.6 Å². The zero-order valence-electron chi connectivity index (χ0n) is 12.0. The lowest BCUT2D eigenvalue weighted by Crippen LogP contribution is -2.06. The van der Waals surface area contributed by atoms with Crippen molar-refractivity contribution < 1.29 is 0 Å². The van der Waals surface area contributed by atoms with Crippen molar-refractivity contribution in [3.8, 4) is 5.82 Å². The Morgan fingerprint density at radius 3 is 2.22 bits per heavy atom. The molecule has 0 fully saturated rings. The Bertz CT molecular complexity index is 531. The molecule has 0 saturated carbocycles. The lowest BCUT2D eigenvalue weighted by Gasteiger charge is -2.12. The standard InChI is InChI=1S/C16H22N2/c1-11(2)8-15-9-12(3)10-16(17-15)18-13(4)6-7-14(18)5/h6-7,9-11H,8H2,1-5H3. The number of pyridine rings is 1. The largest absolute Gasteiger partial charge is 0.303 e. The van der Waals surface area contributed by atoms with Crippen molar-refractivity contribution in [2.45, 2.75) is 41.0 Å². The minimum Gasteiger partial charge on any atom is -0.303 e. The monoisotopic (exact) mass is 242 g/mol. The van der Waals surface area contributed by atoms with Crippen molar-refractivity contribution in [1.29, 1.82) is 0 Å². The molecule has 0 atom stereocenters. The zero-order chi connectivity index (χ0) is 13.3. The fourth-order valence-corrected chi connectivity index (χ4v) is 2.39. The first-order valence-electron chi connectivity index (χ1n) is 6.60. The summed E-state index contributed by atoms with van der Waals surface area (Å²) >= 11 is 0. The van der Waals surface area contributed by atoms with Gasteiger partial charge in [-0.15, -0.1) is 0 Å². The van der Waals surface area contributed by atoms with Crippen LogP contribution in [0.1, 0.15) is 36.5 Å². The topological polar surface area (TPSA) is 17.8 Å². The fraction of sp³-hybridized carbons (Fsp3) is 0.438. The molecule has 2 aromatic rings. The molecule has 2 rings (SSSR count). The van der Waals surface area contributed by atoms with E-state index in [9.17, 15) is 0 Å². The minimum atomic E-state index is 0.638. The summed E-state index contributed by atoms with van der Waals surface area (Å²) in [6, 6.07) is 8.63. The highest BCUT2D eigenvalue weighted by Gasteiger charge is 2.08. The van der Waals surface area contributed by atoms with Crippen LogP contribution in [0.4, 0.5) is 0 Å². The van der Waals surface area contributed by atoms with E-state index in [4.69, 9.17) is 4.98 Å². The molecule has 2 heteroatoms. The van der Waals surface area contributed by atoms with Gasteiger partial charge in [0.05, 0.1) is 0 Å². The van der Waals surface area contributed by atoms with E-state index in [2.05, 4.69) is 63.5 Å². The first-order chi connectivity index (χ1) is 8.47. The fourth-order valence-electron chi connectivity index (χ4n) is 2.39. The van der Waals surface area contributed by atoms with E-state index in [0.717, 1.165) is 12.2 Å². The Balaban J connectivity index is 2.48. The second-order valence-corrected chi connectivity index (χ2v) is 5.54. The van der Waals surface area contributed by atoms with Gasteiger partial charge in [-0.05, 0) is 62.9 Å². The number of nitrogens with zero attached hydrogens (tertiary/aromatic N) is 2. The Labute approximate surface area is 110 Å². The Morgan fingerprint density at radius 1 is 1.06 bits per heavy atom. The van der Waals surface area contributed by atoms with Crippen LogP contribution in [-0.2, 0) is 6.42 Å². The smallest absolute Gasteiger partial charge is 0.137 e. The van der Waals surface area contributed by atoms with Crippen LogP contribution in [0.5, 0.6) is 0 Å². The molecule has 96 valence electrons. The van der Waals surface area contributed by atoms with Crippen LogP contribution in [0, 0.1) is 26.7 Å². The van der Waals surface area contributed by atoms with Gasteiger partial charge in [0.15, 0.2) is 0 Å². The Morgan fingerprint density at radius 2 is 1.67 bits per heavy atom. The molecule has 0 saturated heterocycles. The second kappa shape index (κ2) is 4.97. The van der Waals surface area contributed by atoms with Crippen molar-refractivity contribution in [2.24, 2.45) is 5.92 Å². The molecule has 0 bridgehead atoms. The molecular formula is C16H22N2. The van der Waals surface area contributed by atoms with Crippen LogP contribution in [0.3, 0.4) is 0 Å². The molecule has 0 amide bonds. The SMILES string of the molecule is Cc1cc(CC(C)C)nc(-n2c(C)ccc2C)c1. The molecule has 0 radical (unpaired) electrons. The normalized spacial score (nSPS) is 11.2. The summed E-state index contributed by atoms with van der Waals surface area (Å²) in [5.74, 6) is 1.68. The van der Waals surface area contributed by atoms with E-state index in [1.54, 1.807) is 0 Å². The Kier molecular flexibility index (Phi) is 3.55. The molecular weight excluding hydrogens is 220 g/mol. The summed E-state index contributed by atoms with van der Waals surface area (Å²) in [7, 11) is 0. The van der Waals surface area contributed by atoms with Gasteiger partial charge in [0.25, 0.3) is 0 Å². The van der Waals surface area contributed by atoms with Crippen LogP contribution in [0.15, 0.2) is 24.3 Å². The van der Waals surface area contributed by atoms with Crippen LogP contribution >= 0.6 is 0 Å². The molecule has 2 aromatic heterocycles. The molecule has 0 N–H and O–H groups in total. The molecule has 0 aliphatic rings. The minimum absolute atomic E-state index is 0.638. The third-order valence-corrected chi connectivity index (χ3v) is 3.13. The summed E-state index contributed by atoms with van der Waals surface area (Å²) in [5.41, 5.74) is 4.94. The predicted molar refractivity (Wildman–Crippen MR) is 76.3 cm³/mol. The van der Waals surface area contributed by atoms with Crippen molar-refractivity contribution in [3.05, 3.63) is 46.9 Å². The molecule has 2 nitrogen and oxygen atoms in total. The van der Waals surface area contributed by atoms with Gasteiger partial charge in [0.1, 0.15) is 5.82 Å². The first kappa shape index (κ1) is 12.9. The van der Waals surface area contributed by atoms with E-state index in [-0.39, 0.29) is 0 Å². The van der Waals surface area contributed by atoms with Gasteiger partial charge in [-0.1, -0.05) is 13.8 Å². The van der Waals surface area contributed by atoms with E-state index in [0.29, 0.717) is 5.92 Å². The third kappa shape index (κ3) is 2.63. The lowest BCUT2D eigenvalue weighted by atomic mass is 10.1. The first-order valence-corrected chi connectivity index (χ1v) is 6.60. The van der Waals surface area contributed by atoms with Gasteiger partial charge in [-0.3, -0.25) is 0 Å². The van der Waals surface area contributed by atoms with E-state index >= 15 is 0 Å². The zero-order valence-corrected chi connectivity index (χ0v) is 12.0. The van der Waals surface area contributed by atoms with Gasteiger partial charge >= 0.3 is 0 Å². The molecule has 18 heavy (non-hydrogen) atoms. The number of hydrogen-bond donors (Lipinski definition) is 0. The number of aryl methyl sites for hydroxylation is 3. The quantitative estimate of drug-likeness (QED) is 0.795. The van der Waals surface area contributed by atoms with Crippen molar-refractivity contribution in [3.63, 3.8) is 0 Å². The van der Waals surface area contributed by atoms with Crippen molar-refractivity contribution in [2.75, 3.05) is 0 Å². The molecule has 0 aromatic carbocycles. The number of aromatic nitrogens is 2. The van der Waals surface area contributed by atoms with Gasteiger partial charge in [0, 0.05) is 17.1 Å².